The summed E-state index contributed by atoms with van der Waals surface area (Å²) in [4.78, 5) is 37.1. The molecular weight excluding hydrogens is 296 g/mol. The normalized spacial score (nSPS) is 14.0. The number of aromatic amines is 1. The predicted molar refractivity (Wildman–Crippen MR) is 89.3 cm³/mol. The van der Waals surface area contributed by atoms with Gasteiger partial charge >= 0.3 is 11.7 Å². The van der Waals surface area contributed by atoms with Crippen LogP contribution in [-0.2, 0) is 16.1 Å². The number of esters is 1. The Morgan fingerprint density at radius 1 is 1.30 bits per heavy atom. The number of carbonyl (C=O) groups excluding carboxylic acids is 1. The standard InChI is InChI=1S/C17H28N2O4/c1-12(2)11-17(5,13(3)4)15(21)23-10-6-8-19-9-7-14(20)18-16(19)22/h7,9,12-13H,6,8,10-11H2,1-5H3,(H,18,20,22). The fraction of sp³-hybridized carbons (Fsp3) is 0.706. The zero-order valence-electron chi connectivity index (χ0n) is 14.7. The van der Waals surface area contributed by atoms with Crippen LogP contribution in [0.2, 0.25) is 0 Å². The lowest BCUT2D eigenvalue weighted by Gasteiger charge is -2.32. The molecule has 0 saturated carbocycles. The molecule has 0 aliphatic carbocycles. The molecule has 1 rings (SSSR count). The van der Waals surface area contributed by atoms with Gasteiger partial charge in [0.15, 0.2) is 0 Å². The molecule has 1 aromatic heterocycles. The number of H-pyrrole nitrogens is 1. The molecule has 0 saturated heterocycles. The molecule has 6 nitrogen and oxygen atoms in total. The van der Waals surface area contributed by atoms with E-state index < -0.39 is 16.7 Å². The van der Waals surface area contributed by atoms with Gasteiger partial charge in [-0.25, -0.2) is 4.79 Å². The molecule has 0 fully saturated rings. The highest BCUT2D eigenvalue weighted by atomic mass is 16.5. The molecule has 0 aromatic carbocycles. The van der Waals surface area contributed by atoms with Crippen molar-refractivity contribution < 1.29 is 9.53 Å². The fourth-order valence-electron chi connectivity index (χ4n) is 2.59. The minimum atomic E-state index is -0.497. The molecule has 0 aliphatic rings. The Balaban J connectivity index is 2.55. The third-order valence-corrected chi connectivity index (χ3v) is 4.25. The summed E-state index contributed by atoms with van der Waals surface area (Å²) in [5.74, 6) is 0.420. The van der Waals surface area contributed by atoms with Gasteiger partial charge in [0.1, 0.15) is 0 Å². The van der Waals surface area contributed by atoms with Gasteiger partial charge < -0.3 is 9.30 Å². The Labute approximate surface area is 136 Å². The molecular formula is C17H28N2O4. The van der Waals surface area contributed by atoms with E-state index in [4.69, 9.17) is 4.74 Å². The number of ether oxygens (including phenoxy) is 1. The van der Waals surface area contributed by atoms with Crippen molar-refractivity contribution in [1.29, 1.82) is 0 Å². The van der Waals surface area contributed by atoms with E-state index in [2.05, 4.69) is 18.8 Å². The van der Waals surface area contributed by atoms with Crippen molar-refractivity contribution >= 4 is 5.97 Å². The summed E-state index contributed by atoms with van der Waals surface area (Å²) >= 11 is 0. The zero-order chi connectivity index (χ0) is 17.6. The second-order valence-corrected chi connectivity index (χ2v) is 6.96. The van der Waals surface area contributed by atoms with Crippen molar-refractivity contribution in [2.45, 2.75) is 54.0 Å². The Hall–Kier alpha value is -1.85. The van der Waals surface area contributed by atoms with E-state index in [1.165, 1.54) is 16.8 Å². The van der Waals surface area contributed by atoms with Crippen LogP contribution >= 0.6 is 0 Å². The lowest BCUT2D eigenvalue weighted by atomic mass is 9.73. The molecule has 6 heteroatoms. The molecule has 0 amide bonds. The summed E-state index contributed by atoms with van der Waals surface area (Å²) in [6.07, 6.45) is 2.75. The van der Waals surface area contributed by atoms with Crippen LogP contribution in [0.3, 0.4) is 0 Å². The van der Waals surface area contributed by atoms with Gasteiger partial charge in [-0.3, -0.25) is 14.6 Å². The Morgan fingerprint density at radius 3 is 2.48 bits per heavy atom. The maximum absolute atomic E-state index is 12.4. The van der Waals surface area contributed by atoms with Gasteiger partial charge in [0.25, 0.3) is 5.56 Å². The van der Waals surface area contributed by atoms with E-state index in [0.717, 1.165) is 6.42 Å². The third-order valence-electron chi connectivity index (χ3n) is 4.25. The zero-order valence-corrected chi connectivity index (χ0v) is 14.7. The van der Waals surface area contributed by atoms with Crippen molar-refractivity contribution in [3.63, 3.8) is 0 Å². The van der Waals surface area contributed by atoms with E-state index in [9.17, 15) is 14.4 Å². The van der Waals surface area contributed by atoms with Gasteiger partial charge in [0.2, 0.25) is 0 Å². The molecule has 1 aromatic rings. The van der Waals surface area contributed by atoms with Gasteiger partial charge in [-0.05, 0) is 31.6 Å². The maximum Gasteiger partial charge on any atom is 0.328 e. The summed E-state index contributed by atoms with van der Waals surface area (Å²) in [5.41, 5.74) is -1.36. The summed E-state index contributed by atoms with van der Waals surface area (Å²) < 4.78 is 6.82. The monoisotopic (exact) mass is 324 g/mol. The highest BCUT2D eigenvalue weighted by Crippen LogP contribution is 2.35. The maximum atomic E-state index is 12.4. The van der Waals surface area contributed by atoms with E-state index in [1.807, 2.05) is 20.8 Å². The molecule has 0 radical (unpaired) electrons. The van der Waals surface area contributed by atoms with E-state index in [0.29, 0.717) is 18.9 Å². The first kappa shape index (κ1) is 19.2. The second-order valence-electron chi connectivity index (χ2n) is 6.96. The number of hydrogen-bond acceptors (Lipinski definition) is 4. The first-order chi connectivity index (χ1) is 10.7. The average Bonchev–Trinajstić information content (AvgIpc) is 2.44. The van der Waals surface area contributed by atoms with Gasteiger partial charge in [-0.2, -0.15) is 0 Å². The van der Waals surface area contributed by atoms with Crippen LogP contribution < -0.4 is 11.2 Å². The third kappa shape index (κ3) is 5.37. The number of rotatable bonds is 8. The molecule has 1 unspecified atom stereocenters. The molecule has 1 atom stereocenters. The summed E-state index contributed by atoms with van der Waals surface area (Å²) in [7, 11) is 0. The van der Waals surface area contributed by atoms with Crippen LogP contribution in [0.15, 0.2) is 21.9 Å². The number of carbonyl (C=O) groups is 1. The summed E-state index contributed by atoms with van der Waals surface area (Å²) in [6.45, 7) is 10.8. The van der Waals surface area contributed by atoms with Gasteiger partial charge in [0, 0.05) is 18.8 Å². The molecule has 1 heterocycles. The van der Waals surface area contributed by atoms with Crippen LogP contribution in [0.4, 0.5) is 0 Å². The molecule has 23 heavy (non-hydrogen) atoms. The second kappa shape index (κ2) is 8.13. The molecule has 0 spiro atoms. The quantitative estimate of drug-likeness (QED) is 0.587. The number of hydrogen-bond donors (Lipinski definition) is 1. The Morgan fingerprint density at radius 2 is 1.96 bits per heavy atom. The molecule has 0 bridgehead atoms. The van der Waals surface area contributed by atoms with Gasteiger partial charge in [-0.15, -0.1) is 0 Å². The van der Waals surface area contributed by atoms with E-state index in [1.54, 1.807) is 0 Å². The lowest BCUT2D eigenvalue weighted by molar-refractivity contribution is -0.159. The smallest absolute Gasteiger partial charge is 0.328 e. The highest BCUT2D eigenvalue weighted by Gasteiger charge is 2.38. The first-order valence-electron chi connectivity index (χ1n) is 8.14. The largest absolute Gasteiger partial charge is 0.465 e. The van der Waals surface area contributed by atoms with E-state index >= 15 is 0 Å². The Kier molecular flexibility index (Phi) is 6.79. The molecule has 0 aliphatic heterocycles. The number of nitrogens with one attached hydrogen (secondary N) is 1. The van der Waals surface area contributed by atoms with Crippen LogP contribution in [0, 0.1) is 17.3 Å². The van der Waals surface area contributed by atoms with Crippen molar-refractivity contribution in [3.8, 4) is 0 Å². The average molecular weight is 324 g/mol. The van der Waals surface area contributed by atoms with Crippen molar-refractivity contribution in [2.24, 2.45) is 17.3 Å². The SMILES string of the molecule is CC(C)CC(C)(C(=O)OCCCn1ccc(=O)[nH]c1=O)C(C)C. The molecule has 130 valence electrons. The van der Waals surface area contributed by atoms with Crippen LogP contribution in [0.5, 0.6) is 0 Å². The summed E-state index contributed by atoms with van der Waals surface area (Å²) in [6, 6.07) is 1.30. The lowest BCUT2D eigenvalue weighted by Crippen LogP contribution is -2.36. The number of aromatic nitrogens is 2. The molecule has 1 N–H and O–H groups in total. The number of aryl methyl sites for hydroxylation is 1. The van der Waals surface area contributed by atoms with Crippen LogP contribution in [0.1, 0.15) is 47.5 Å². The predicted octanol–water partition coefficient (Wildman–Crippen LogP) is 2.18. The minimum absolute atomic E-state index is 0.185. The van der Waals surface area contributed by atoms with Crippen molar-refractivity contribution in [2.75, 3.05) is 6.61 Å². The van der Waals surface area contributed by atoms with Crippen molar-refractivity contribution in [3.05, 3.63) is 33.1 Å². The van der Waals surface area contributed by atoms with Crippen molar-refractivity contribution in [1.82, 2.24) is 9.55 Å². The van der Waals surface area contributed by atoms with Gasteiger partial charge in [-0.1, -0.05) is 27.7 Å². The topological polar surface area (TPSA) is 81.2 Å². The number of nitrogens with zero attached hydrogens (tertiary/aromatic N) is 1. The fourth-order valence-corrected chi connectivity index (χ4v) is 2.59. The van der Waals surface area contributed by atoms with Crippen LogP contribution in [0.25, 0.3) is 0 Å². The van der Waals surface area contributed by atoms with Gasteiger partial charge in [0.05, 0.1) is 12.0 Å². The summed E-state index contributed by atoms with van der Waals surface area (Å²) in [5, 5.41) is 0. The Bertz CT molecular complexity index is 630. The van der Waals surface area contributed by atoms with E-state index in [-0.39, 0.29) is 18.5 Å². The first-order valence-corrected chi connectivity index (χ1v) is 8.14. The minimum Gasteiger partial charge on any atom is -0.465 e. The van der Waals surface area contributed by atoms with Crippen LogP contribution in [-0.4, -0.2) is 22.1 Å². The highest BCUT2D eigenvalue weighted by molar-refractivity contribution is 5.76.